The van der Waals surface area contributed by atoms with Gasteiger partial charge in [-0.25, -0.2) is 28.2 Å². The van der Waals surface area contributed by atoms with Crippen LogP contribution in [0.2, 0.25) is 0 Å². The van der Waals surface area contributed by atoms with Crippen molar-refractivity contribution in [3.8, 4) is 11.3 Å². The largest absolute Gasteiger partial charge is 0.416 e. The lowest BCUT2D eigenvalue weighted by atomic mass is 10.1. The van der Waals surface area contributed by atoms with E-state index in [1.165, 1.54) is 18.5 Å². The van der Waals surface area contributed by atoms with Crippen LogP contribution in [0.3, 0.4) is 0 Å². The first kappa shape index (κ1) is 23.9. The molecule has 0 unspecified atom stereocenters. The molecule has 0 saturated heterocycles. The van der Waals surface area contributed by atoms with Gasteiger partial charge in [0.1, 0.15) is 29.5 Å². The van der Waals surface area contributed by atoms with Crippen LogP contribution >= 0.6 is 0 Å². The number of benzene rings is 2. The number of nitrogen functional groups attached to an aromatic ring is 1. The molecule has 4 N–H and O–H groups in total. The lowest BCUT2D eigenvalue weighted by Gasteiger charge is -2.12. The Morgan fingerprint density at radius 3 is 2.37 bits per heavy atom. The number of nitrogens with zero attached hydrogens (tertiary/aromatic N) is 4. The van der Waals surface area contributed by atoms with Crippen LogP contribution in [0.15, 0.2) is 42.7 Å². The molecule has 0 aliphatic heterocycles. The molecule has 0 aliphatic rings. The van der Waals surface area contributed by atoms with Gasteiger partial charge in [0.05, 0.1) is 22.3 Å². The lowest BCUT2D eigenvalue weighted by Crippen LogP contribution is -2.21. The fraction of sp³-hybridized carbons (Fsp3) is 0.182. The molecule has 2 aromatic heterocycles. The molecule has 182 valence electrons. The van der Waals surface area contributed by atoms with Gasteiger partial charge in [0.25, 0.3) is 0 Å². The predicted octanol–water partition coefficient (Wildman–Crippen LogP) is 5.60. The molecule has 2 aromatic carbocycles. The van der Waals surface area contributed by atoms with Gasteiger partial charge in [0, 0.05) is 11.6 Å². The second kappa shape index (κ2) is 8.81. The number of hydrogen-bond donors (Lipinski definition) is 3. The summed E-state index contributed by atoms with van der Waals surface area (Å²) in [5.41, 5.74) is 4.95. The van der Waals surface area contributed by atoms with Crippen molar-refractivity contribution in [3.63, 3.8) is 0 Å². The molecule has 4 aromatic rings. The first-order valence-corrected chi connectivity index (χ1v) is 10.2. The zero-order valence-corrected chi connectivity index (χ0v) is 18.3. The number of anilines is 3. The van der Waals surface area contributed by atoms with Crippen LogP contribution in [-0.4, -0.2) is 25.8 Å². The second-order valence-electron chi connectivity index (χ2n) is 7.81. The van der Waals surface area contributed by atoms with Gasteiger partial charge in [-0.15, -0.1) is 0 Å². The maximum absolute atomic E-state index is 14.8. The summed E-state index contributed by atoms with van der Waals surface area (Å²) in [7, 11) is 0. The molecule has 35 heavy (non-hydrogen) atoms. The average Bonchev–Trinajstić information content (AvgIpc) is 3.17. The first-order valence-electron chi connectivity index (χ1n) is 10.2. The van der Waals surface area contributed by atoms with Crippen molar-refractivity contribution in [2.45, 2.75) is 26.1 Å². The number of urea groups is 1. The number of amides is 2. The predicted molar refractivity (Wildman–Crippen MR) is 120 cm³/mol. The molecule has 0 aliphatic carbocycles. The van der Waals surface area contributed by atoms with Crippen molar-refractivity contribution in [1.29, 1.82) is 0 Å². The summed E-state index contributed by atoms with van der Waals surface area (Å²) in [4.78, 5) is 20.4. The summed E-state index contributed by atoms with van der Waals surface area (Å²) in [5.74, 6) is -1.80. The molecule has 13 heteroatoms. The van der Waals surface area contributed by atoms with Gasteiger partial charge < -0.3 is 16.4 Å². The summed E-state index contributed by atoms with van der Waals surface area (Å²) < 4.78 is 68.9. The van der Waals surface area contributed by atoms with Gasteiger partial charge in [0.2, 0.25) is 0 Å². The van der Waals surface area contributed by atoms with Crippen LogP contribution in [0.5, 0.6) is 0 Å². The summed E-state index contributed by atoms with van der Waals surface area (Å²) in [6, 6.07) is 4.13. The van der Waals surface area contributed by atoms with E-state index >= 15 is 0 Å². The number of alkyl halides is 3. The Bertz CT molecular complexity index is 1430. The maximum atomic E-state index is 14.8. The summed E-state index contributed by atoms with van der Waals surface area (Å²) >= 11 is 0. The maximum Gasteiger partial charge on any atom is 0.416 e. The molecular weight excluding hydrogens is 473 g/mol. The van der Waals surface area contributed by atoms with Gasteiger partial charge in [0.15, 0.2) is 5.65 Å². The highest BCUT2D eigenvalue weighted by Gasteiger charge is 2.31. The lowest BCUT2D eigenvalue weighted by molar-refractivity contribution is -0.137. The van der Waals surface area contributed by atoms with Crippen molar-refractivity contribution < 1.29 is 26.7 Å². The average molecular weight is 491 g/mol. The van der Waals surface area contributed by atoms with E-state index in [2.05, 4.69) is 20.4 Å². The molecule has 0 fully saturated rings. The third-order valence-electron chi connectivity index (χ3n) is 5.04. The highest BCUT2D eigenvalue weighted by Crippen LogP contribution is 2.34. The topological polar surface area (TPSA) is 111 Å². The third-order valence-corrected chi connectivity index (χ3v) is 5.04. The highest BCUT2D eigenvalue weighted by molar-refractivity contribution is 6.01. The van der Waals surface area contributed by atoms with E-state index in [0.29, 0.717) is 40.5 Å². The number of hydrogen-bond acceptors (Lipinski definition) is 5. The third kappa shape index (κ3) is 4.69. The van der Waals surface area contributed by atoms with Gasteiger partial charge in [-0.1, -0.05) is 6.07 Å². The molecule has 8 nitrogen and oxygen atoms in total. The summed E-state index contributed by atoms with van der Waals surface area (Å²) in [6.07, 6.45) is -3.44. The van der Waals surface area contributed by atoms with Crippen molar-refractivity contribution in [3.05, 3.63) is 59.9 Å². The van der Waals surface area contributed by atoms with Crippen molar-refractivity contribution in [2.75, 3.05) is 16.4 Å². The van der Waals surface area contributed by atoms with E-state index in [1.807, 2.05) is 19.2 Å². The van der Waals surface area contributed by atoms with Gasteiger partial charge >= 0.3 is 12.2 Å². The van der Waals surface area contributed by atoms with Crippen LogP contribution in [-0.2, 0) is 6.18 Å². The number of fused-ring (bicyclic) bond motifs is 1. The standard InChI is InChI=1S/C22H18F5N7O/c1-10(2)34-20-17(19(28)29-9-30-20)18(33-34)11-3-6-15(14(24)7-11)31-21(35)32-16-8-12(22(25,26)27)4-5-13(16)23/h3-10H,1-2H3,(H2,28,29,30)(H2,31,32,35). The molecule has 0 atom stereocenters. The smallest absolute Gasteiger partial charge is 0.383 e. The summed E-state index contributed by atoms with van der Waals surface area (Å²) in [6.45, 7) is 3.77. The highest BCUT2D eigenvalue weighted by atomic mass is 19.4. The number of halogens is 5. The number of nitrogens with two attached hydrogens (primary N) is 1. The fourth-order valence-electron chi connectivity index (χ4n) is 3.39. The van der Waals surface area contributed by atoms with E-state index in [1.54, 1.807) is 4.68 Å². The molecule has 0 saturated carbocycles. The van der Waals surface area contributed by atoms with Gasteiger partial charge in [-0.05, 0) is 44.2 Å². The first-order chi connectivity index (χ1) is 16.5. The van der Waals surface area contributed by atoms with E-state index < -0.39 is 35.1 Å². The van der Waals surface area contributed by atoms with Gasteiger partial charge in [-0.2, -0.15) is 18.3 Å². The quantitative estimate of drug-likeness (QED) is 0.322. The molecule has 2 amide bonds. The Morgan fingerprint density at radius 2 is 1.71 bits per heavy atom. The number of carbonyl (C=O) groups is 1. The zero-order chi connectivity index (χ0) is 25.5. The Kier molecular flexibility index (Phi) is 6.01. The fourth-order valence-corrected chi connectivity index (χ4v) is 3.39. The number of aromatic nitrogens is 4. The Morgan fingerprint density at radius 1 is 1.00 bits per heavy atom. The molecular formula is C22H18F5N7O. The minimum absolute atomic E-state index is 0.0775. The normalized spacial score (nSPS) is 11.8. The SMILES string of the molecule is CC(C)n1nc(-c2ccc(NC(=O)Nc3cc(C(F)(F)F)ccc3F)c(F)c2)c2c(N)ncnc21. The van der Waals surface area contributed by atoms with Crippen molar-refractivity contribution >= 4 is 34.3 Å². The van der Waals surface area contributed by atoms with Crippen molar-refractivity contribution in [2.24, 2.45) is 0 Å². The van der Waals surface area contributed by atoms with Crippen LogP contribution < -0.4 is 16.4 Å². The summed E-state index contributed by atoms with van der Waals surface area (Å²) in [5, 5.41) is 9.01. The molecule has 2 heterocycles. The van der Waals surface area contributed by atoms with Crippen molar-refractivity contribution in [1.82, 2.24) is 19.7 Å². The number of carbonyl (C=O) groups excluding carboxylic acids is 1. The minimum atomic E-state index is -4.73. The van der Waals surface area contributed by atoms with E-state index in [4.69, 9.17) is 5.73 Å². The molecule has 0 spiro atoms. The van der Waals surface area contributed by atoms with Crippen LogP contribution in [0.4, 0.5) is 43.9 Å². The Labute approximate surface area is 195 Å². The van der Waals surface area contributed by atoms with E-state index in [-0.39, 0.29) is 17.5 Å². The van der Waals surface area contributed by atoms with E-state index in [9.17, 15) is 26.7 Å². The monoisotopic (exact) mass is 491 g/mol. The van der Waals surface area contributed by atoms with Gasteiger partial charge in [-0.3, -0.25) is 0 Å². The molecule has 0 bridgehead atoms. The number of rotatable bonds is 4. The minimum Gasteiger partial charge on any atom is -0.383 e. The second-order valence-corrected chi connectivity index (χ2v) is 7.81. The van der Waals surface area contributed by atoms with Crippen LogP contribution in [0, 0.1) is 11.6 Å². The molecule has 0 radical (unpaired) electrons. The zero-order valence-electron chi connectivity index (χ0n) is 18.3. The number of nitrogens with one attached hydrogen (secondary N) is 2. The van der Waals surface area contributed by atoms with Crippen LogP contribution in [0.25, 0.3) is 22.3 Å². The Balaban J connectivity index is 1.60. The Hall–Kier alpha value is -4.29. The van der Waals surface area contributed by atoms with Crippen LogP contribution in [0.1, 0.15) is 25.5 Å². The molecule has 4 rings (SSSR count). The van der Waals surface area contributed by atoms with E-state index in [0.717, 1.165) is 6.07 Å².